The van der Waals surface area contributed by atoms with Crippen LogP contribution < -0.4 is 10.1 Å². The van der Waals surface area contributed by atoms with Crippen LogP contribution >= 0.6 is 0 Å². The molecule has 2 amide bonds. The van der Waals surface area contributed by atoms with Crippen molar-refractivity contribution in [3.63, 3.8) is 0 Å². The highest BCUT2D eigenvalue weighted by atomic mass is 19.1. The predicted octanol–water partition coefficient (Wildman–Crippen LogP) is 3.76. The summed E-state index contributed by atoms with van der Waals surface area (Å²) >= 11 is 0. The number of carbonyl (C=O) groups is 1. The third-order valence-electron chi connectivity index (χ3n) is 3.07. The van der Waals surface area contributed by atoms with Gasteiger partial charge in [-0.2, -0.15) is 0 Å². The molecule has 0 aliphatic heterocycles. The molecule has 1 N–H and O–H groups in total. The molecular formula is C17H19FN2O2. The number of hydrogen-bond acceptors (Lipinski definition) is 2. The van der Waals surface area contributed by atoms with Crippen LogP contribution in [0.15, 0.2) is 54.6 Å². The Morgan fingerprint density at radius 3 is 2.68 bits per heavy atom. The zero-order valence-electron chi connectivity index (χ0n) is 12.5. The number of nitrogens with one attached hydrogen (secondary N) is 1. The summed E-state index contributed by atoms with van der Waals surface area (Å²) in [5.74, 6) is 0.436. The van der Waals surface area contributed by atoms with Crippen molar-refractivity contribution in [3.05, 3.63) is 60.4 Å². The van der Waals surface area contributed by atoms with E-state index in [1.165, 1.54) is 12.1 Å². The van der Waals surface area contributed by atoms with Crippen molar-refractivity contribution in [1.82, 2.24) is 4.90 Å². The third-order valence-corrected chi connectivity index (χ3v) is 3.07. The molecule has 0 aliphatic rings. The molecule has 5 heteroatoms. The maximum atomic E-state index is 13.0. The van der Waals surface area contributed by atoms with Crippen molar-refractivity contribution in [1.29, 1.82) is 0 Å². The Balaban J connectivity index is 1.70. The monoisotopic (exact) mass is 302 g/mol. The molecule has 0 atom stereocenters. The van der Waals surface area contributed by atoms with E-state index in [-0.39, 0.29) is 11.8 Å². The molecule has 0 saturated carbocycles. The summed E-state index contributed by atoms with van der Waals surface area (Å²) in [6.07, 6.45) is 0.710. The lowest BCUT2D eigenvalue weighted by Crippen LogP contribution is -2.32. The number of hydrogen-bond donors (Lipinski definition) is 1. The molecule has 4 nitrogen and oxygen atoms in total. The molecule has 0 unspecified atom stereocenters. The maximum absolute atomic E-state index is 13.0. The molecule has 0 heterocycles. The second kappa shape index (κ2) is 8.02. The number of anilines is 1. The molecule has 0 bridgehead atoms. The Labute approximate surface area is 129 Å². The topological polar surface area (TPSA) is 41.6 Å². The fourth-order valence-electron chi connectivity index (χ4n) is 1.90. The normalized spacial score (nSPS) is 10.1. The second-order valence-electron chi connectivity index (χ2n) is 4.88. The van der Waals surface area contributed by atoms with Crippen LogP contribution in [0.2, 0.25) is 0 Å². The maximum Gasteiger partial charge on any atom is 0.321 e. The largest absolute Gasteiger partial charge is 0.494 e. The van der Waals surface area contributed by atoms with Crippen molar-refractivity contribution in [3.8, 4) is 5.75 Å². The number of carbonyl (C=O) groups excluding carboxylic acids is 1. The summed E-state index contributed by atoms with van der Waals surface area (Å²) < 4.78 is 18.6. The van der Waals surface area contributed by atoms with Crippen molar-refractivity contribution < 1.29 is 13.9 Å². The lowest BCUT2D eigenvalue weighted by atomic mass is 10.3. The first-order chi connectivity index (χ1) is 10.6. The fraction of sp³-hybridized carbons (Fsp3) is 0.235. The Kier molecular flexibility index (Phi) is 5.77. The summed E-state index contributed by atoms with van der Waals surface area (Å²) in [4.78, 5) is 13.5. The molecule has 116 valence electrons. The van der Waals surface area contributed by atoms with Gasteiger partial charge in [0.05, 0.1) is 6.61 Å². The van der Waals surface area contributed by atoms with E-state index in [2.05, 4.69) is 5.32 Å². The summed E-state index contributed by atoms with van der Waals surface area (Å²) in [7, 11) is 1.69. The number of nitrogens with zero attached hydrogens (tertiary/aromatic N) is 1. The lowest BCUT2D eigenvalue weighted by Gasteiger charge is -2.18. The molecule has 0 radical (unpaired) electrons. The van der Waals surface area contributed by atoms with Gasteiger partial charge in [0.15, 0.2) is 0 Å². The Hall–Kier alpha value is -2.56. The van der Waals surface area contributed by atoms with Gasteiger partial charge in [-0.25, -0.2) is 9.18 Å². The smallest absolute Gasteiger partial charge is 0.321 e. The summed E-state index contributed by atoms with van der Waals surface area (Å²) in [5.41, 5.74) is 0.442. The van der Waals surface area contributed by atoms with Crippen LogP contribution in [0.3, 0.4) is 0 Å². The molecule has 2 rings (SSSR count). The van der Waals surface area contributed by atoms with Crippen molar-refractivity contribution >= 4 is 11.7 Å². The SMILES string of the molecule is CN(CCCOc1ccccc1)C(=O)Nc1cccc(F)c1. The molecule has 0 aliphatic carbocycles. The van der Waals surface area contributed by atoms with E-state index in [9.17, 15) is 9.18 Å². The Bertz CT molecular complexity index is 605. The van der Waals surface area contributed by atoms with E-state index in [1.807, 2.05) is 30.3 Å². The van der Waals surface area contributed by atoms with Gasteiger partial charge < -0.3 is 15.0 Å². The van der Waals surface area contributed by atoms with Gasteiger partial charge in [-0.3, -0.25) is 0 Å². The van der Waals surface area contributed by atoms with Gasteiger partial charge >= 0.3 is 6.03 Å². The average molecular weight is 302 g/mol. The fourth-order valence-corrected chi connectivity index (χ4v) is 1.90. The van der Waals surface area contributed by atoms with Gasteiger partial charge in [0.2, 0.25) is 0 Å². The zero-order chi connectivity index (χ0) is 15.8. The van der Waals surface area contributed by atoms with Gasteiger partial charge in [0.1, 0.15) is 11.6 Å². The minimum Gasteiger partial charge on any atom is -0.494 e. The van der Waals surface area contributed by atoms with Crippen molar-refractivity contribution in [2.45, 2.75) is 6.42 Å². The van der Waals surface area contributed by atoms with E-state index in [4.69, 9.17) is 4.74 Å². The molecule has 2 aromatic carbocycles. The highest BCUT2D eigenvalue weighted by Gasteiger charge is 2.08. The highest BCUT2D eigenvalue weighted by Crippen LogP contribution is 2.10. The van der Waals surface area contributed by atoms with Crippen LogP contribution in [0.1, 0.15) is 6.42 Å². The number of benzene rings is 2. The molecule has 0 fully saturated rings. The molecule has 2 aromatic rings. The first-order valence-corrected chi connectivity index (χ1v) is 7.11. The van der Waals surface area contributed by atoms with Gasteiger partial charge in [-0.1, -0.05) is 24.3 Å². The van der Waals surface area contributed by atoms with Crippen LogP contribution in [-0.2, 0) is 0 Å². The van der Waals surface area contributed by atoms with E-state index in [0.717, 1.165) is 5.75 Å². The predicted molar refractivity (Wildman–Crippen MR) is 84.6 cm³/mol. The van der Waals surface area contributed by atoms with E-state index >= 15 is 0 Å². The number of para-hydroxylation sites is 1. The molecule has 22 heavy (non-hydrogen) atoms. The van der Waals surface area contributed by atoms with Crippen molar-refractivity contribution in [2.24, 2.45) is 0 Å². The summed E-state index contributed by atoms with van der Waals surface area (Å²) in [5, 5.41) is 2.65. The minimum absolute atomic E-state index is 0.273. The van der Waals surface area contributed by atoms with Crippen LogP contribution in [0, 0.1) is 5.82 Å². The Morgan fingerprint density at radius 1 is 1.18 bits per heavy atom. The molecule has 0 saturated heterocycles. The number of rotatable bonds is 6. The highest BCUT2D eigenvalue weighted by molar-refractivity contribution is 5.89. The molecule has 0 aromatic heterocycles. The van der Waals surface area contributed by atoms with Gasteiger partial charge in [-0.05, 0) is 36.8 Å². The van der Waals surface area contributed by atoms with Crippen LogP contribution in [0.25, 0.3) is 0 Å². The van der Waals surface area contributed by atoms with Crippen LogP contribution in [0.5, 0.6) is 5.75 Å². The average Bonchev–Trinajstić information content (AvgIpc) is 2.52. The van der Waals surface area contributed by atoms with Crippen LogP contribution in [0.4, 0.5) is 14.9 Å². The first kappa shape index (κ1) is 15.8. The summed E-state index contributed by atoms with van der Waals surface area (Å²) in [6, 6.07) is 15.1. The van der Waals surface area contributed by atoms with Gasteiger partial charge in [0.25, 0.3) is 0 Å². The Morgan fingerprint density at radius 2 is 1.95 bits per heavy atom. The number of halogens is 1. The van der Waals surface area contributed by atoms with Gasteiger partial charge in [0, 0.05) is 19.3 Å². The van der Waals surface area contributed by atoms with E-state index in [1.54, 1.807) is 24.1 Å². The second-order valence-corrected chi connectivity index (χ2v) is 4.88. The minimum atomic E-state index is -0.378. The number of amides is 2. The first-order valence-electron chi connectivity index (χ1n) is 7.11. The molecular weight excluding hydrogens is 283 g/mol. The van der Waals surface area contributed by atoms with Gasteiger partial charge in [-0.15, -0.1) is 0 Å². The standard InChI is InChI=1S/C17H19FN2O2/c1-20(11-6-12-22-16-9-3-2-4-10-16)17(21)19-15-8-5-7-14(18)13-15/h2-5,7-10,13H,6,11-12H2,1H3,(H,19,21). The lowest BCUT2D eigenvalue weighted by molar-refractivity contribution is 0.216. The van der Waals surface area contributed by atoms with Crippen molar-refractivity contribution in [2.75, 3.05) is 25.5 Å². The number of ether oxygens (including phenoxy) is 1. The van der Waals surface area contributed by atoms with E-state index < -0.39 is 0 Å². The third kappa shape index (κ3) is 5.09. The van der Waals surface area contributed by atoms with E-state index in [0.29, 0.717) is 25.3 Å². The zero-order valence-corrected chi connectivity index (χ0v) is 12.5. The molecule has 0 spiro atoms. The summed E-state index contributed by atoms with van der Waals surface area (Å²) in [6.45, 7) is 1.08. The van der Waals surface area contributed by atoms with Crippen LogP contribution in [-0.4, -0.2) is 31.1 Å². The number of urea groups is 1. The quantitative estimate of drug-likeness (QED) is 0.826.